The molecule has 0 amide bonds. The first kappa shape index (κ1) is 13.3. The lowest BCUT2D eigenvalue weighted by Gasteiger charge is -2.21. The maximum absolute atomic E-state index is 5.53. The van der Waals surface area contributed by atoms with Crippen LogP contribution in [0.1, 0.15) is 47.5 Å². The number of nitrogens with one attached hydrogen (secondary N) is 2. The molecule has 0 aliphatic carbocycles. The summed E-state index contributed by atoms with van der Waals surface area (Å²) in [5, 5.41) is 3.45. The first-order chi connectivity index (χ1) is 6.52. The topological polar surface area (TPSA) is 50.1 Å². The summed E-state index contributed by atoms with van der Waals surface area (Å²) < 4.78 is 0. The van der Waals surface area contributed by atoms with Gasteiger partial charge in [0, 0.05) is 17.4 Å². The molecule has 0 fully saturated rings. The molecule has 0 radical (unpaired) electrons. The fourth-order valence-corrected chi connectivity index (χ4v) is 1.49. The number of hydrazine groups is 1. The van der Waals surface area contributed by atoms with Crippen molar-refractivity contribution in [1.82, 2.24) is 10.7 Å². The second-order valence-corrected chi connectivity index (χ2v) is 4.24. The van der Waals surface area contributed by atoms with Crippen molar-refractivity contribution in [2.75, 3.05) is 0 Å². The zero-order valence-corrected chi connectivity index (χ0v) is 10.1. The van der Waals surface area contributed by atoms with Gasteiger partial charge in [0.25, 0.3) is 0 Å². The molecule has 0 spiro atoms. The number of allylic oxidation sites excluding steroid dienone is 2. The minimum atomic E-state index is 0.438. The van der Waals surface area contributed by atoms with Gasteiger partial charge in [-0.25, -0.2) is 0 Å². The van der Waals surface area contributed by atoms with Crippen molar-refractivity contribution in [3.8, 4) is 0 Å². The average Bonchev–Trinajstić information content (AvgIpc) is 2.03. The summed E-state index contributed by atoms with van der Waals surface area (Å²) in [7, 11) is 0. The Kier molecular flexibility index (Phi) is 6.37. The second kappa shape index (κ2) is 6.71. The van der Waals surface area contributed by atoms with Gasteiger partial charge in [-0.15, -0.1) is 0 Å². The molecule has 0 saturated carbocycles. The van der Waals surface area contributed by atoms with Crippen LogP contribution in [0.25, 0.3) is 0 Å². The second-order valence-electron chi connectivity index (χ2n) is 4.24. The molecule has 0 aromatic rings. The summed E-state index contributed by atoms with van der Waals surface area (Å²) in [5.74, 6) is 5.97. The summed E-state index contributed by atoms with van der Waals surface area (Å²) in [6, 6.07) is 0.457. The molecule has 14 heavy (non-hydrogen) atoms. The highest BCUT2D eigenvalue weighted by Crippen LogP contribution is 2.14. The van der Waals surface area contributed by atoms with E-state index in [0.717, 1.165) is 18.5 Å². The Bertz CT molecular complexity index is 183. The van der Waals surface area contributed by atoms with Crippen LogP contribution >= 0.6 is 0 Å². The first-order valence-corrected chi connectivity index (χ1v) is 5.49. The SMILES string of the molecule is CCC/C(NC(C)C)=C(/NN)C(C)C. The lowest BCUT2D eigenvalue weighted by Crippen LogP contribution is -2.32. The minimum Gasteiger partial charge on any atom is -0.385 e. The van der Waals surface area contributed by atoms with Crippen molar-refractivity contribution in [3.63, 3.8) is 0 Å². The summed E-state index contributed by atoms with van der Waals surface area (Å²) in [4.78, 5) is 0. The van der Waals surface area contributed by atoms with Crippen molar-refractivity contribution >= 4 is 0 Å². The number of nitrogens with two attached hydrogens (primary N) is 1. The molecule has 0 heterocycles. The number of rotatable bonds is 6. The van der Waals surface area contributed by atoms with Crippen molar-refractivity contribution in [2.24, 2.45) is 11.8 Å². The zero-order chi connectivity index (χ0) is 11.1. The van der Waals surface area contributed by atoms with E-state index in [-0.39, 0.29) is 0 Å². The molecule has 0 saturated heterocycles. The average molecular weight is 199 g/mol. The molecule has 0 aliphatic heterocycles. The molecular weight excluding hydrogens is 174 g/mol. The van der Waals surface area contributed by atoms with Gasteiger partial charge in [-0.2, -0.15) is 0 Å². The van der Waals surface area contributed by atoms with Gasteiger partial charge in [0.15, 0.2) is 0 Å². The maximum atomic E-state index is 5.53. The molecule has 0 aliphatic rings. The summed E-state index contributed by atoms with van der Waals surface area (Å²) >= 11 is 0. The number of hydrogen-bond acceptors (Lipinski definition) is 3. The summed E-state index contributed by atoms with van der Waals surface area (Å²) in [6.45, 7) is 10.8. The standard InChI is InChI=1S/C11H25N3/c1-6-7-10(13-9(4)5)11(14-12)8(2)3/h8-9,13-14H,6-7,12H2,1-5H3/b11-10-. The Hall–Kier alpha value is -0.700. The van der Waals surface area contributed by atoms with E-state index in [1.165, 1.54) is 5.70 Å². The summed E-state index contributed by atoms with van der Waals surface area (Å²) in [5.41, 5.74) is 5.18. The lowest BCUT2D eigenvalue weighted by molar-refractivity contribution is 0.577. The molecule has 4 N–H and O–H groups in total. The molecule has 0 aromatic carbocycles. The largest absolute Gasteiger partial charge is 0.385 e. The van der Waals surface area contributed by atoms with Gasteiger partial charge in [0.05, 0.1) is 0 Å². The lowest BCUT2D eigenvalue weighted by atomic mass is 10.1. The molecule has 0 aromatic heterocycles. The zero-order valence-electron chi connectivity index (χ0n) is 10.1. The van der Waals surface area contributed by atoms with Crippen LogP contribution in [0, 0.1) is 5.92 Å². The monoisotopic (exact) mass is 199 g/mol. The fourth-order valence-electron chi connectivity index (χ4n) is 1.49. The Labute approximate surface area is 88.1 Å². The highest BCUT2D eigenvalue weighted by atomic mass is 15.2. The van der Waals surface area contributed by atoms with E-state index in [2.05, 4.69) is 45.4 Å². The van der Waals surface area contributed by atoms with Crippen LogP contribution in [0.15, 0.2) is 11.4 Å². The van der Waals surface area contributed by atoms with Crippen LogP contribution < -0.4 is 16.6 Å². The third-order valence-corrected chi connectivity index (χ3v) is 2.02. The Morgan fingerprint density at radius 1 is 1.21 bits per heavy atom. The molecule has 0 rings (SSSR count). The van der Waals surface area contributed by atoms with E-state index in [9.17, 15) is 0 Å². The highest BCUT2D eigenvalue weighted by Gasteiger charge is 2.09. The first-order valence-electron chi connectivity index (χ1n) is 5.49. The molecule has 84 valence electrons. The van der Waals surface area contributed by atoms with Gasteiger partial charge < -0.3 is 10.7 Å². The quantitative estimate of drug-likeness (QED) is 0.453. The molecule has 0 atom stereocenters. The van der Waals surface area contributed by atoms with E-state index in [1.807, 2.05) is 0 Å². The van der Waals surface area contributed by atoms with Gasteiger partial charge in [-0.05, 0) is 26.2 Å². The van der Waals surface area contributed by atoms with Crippen LogP contribution in [0.5, 0.6) is 0 Å². The Morgan fingerprint density at radius 2 is 1.79 bits per heavy atom. The van der Waals surface area contributed by atoms with Crippen LogP contribution in [-0.4, -0.2) is 6.04 Å². The van der Waals surface area contributed by atoms with Crippen molar-refractivity contribution in [1.29, 1.82) is 0 Å². The molecule has 3 heteroatoms. The smallest absolute Gasteiger partial charge is 0.0473 e. The van der Waals surface area contributed by atoms with Gasteiger partial charge in [0.2, 0.25) is 0 Å². The highest BCUT2D eigenvalue weighted by molar-refractivity contribution is 5.12. The van der Waals surface area contributed by atoms with E-state index in [1.54, 1.807) is 0 Å². The van der Waals surface area contributed by atoms with Crippen molar-refractivity contribution < 1.29 is 0 Å². The minimum absolute atomic E-state index is 0.438. The van der Waals surface area contributed by atoms with Gasteiger partial charge in [-0.3, -0.25) is 5.84 Å². The van der Waals surface area contributed by atoms with E-state index in [4.69, 9.17) is 5.84 Å². The third kappa shape index (κ3) is 4.51. The molecular formula is C11H25N3. The predicted molar refractivity (Wildman–Crippen MR) is 62.4 cm³/mol. The van der Waals surface area contributed by atoms with E-state index in [0.29, 0.717) is 12.0 Å². The van der Waals surface area contributed by atoms with Crippen LogP contribution in [0.3, 0.4) is 0 Å². The fraction of sp³-hybridized carbons (Fsp3) is 0.818. The van der Waals surface area contributed by atoms with Gasteiger partial charge in [0.1, 0.15) is 0 Å². The van der Waals surface area contributed by atoms with Gasteiger partial charge >= 0.3 is 0 Å². The molecule has 0 bridgehead atoms. The summed E-state index contributed by atoms with van der Waals surface area (Å²) in [6.07, 6.45) is 2.18. The van der Waals surface area contributed by atoms with Gasteiger partial charge in [-0.1, -0.05) is 27.2 Å². The van der Waals surface area contributed by atoms with Crippen molar-refractivity contribution in [2.45, 2.75) is 53.5 Å². The van der Waals surface area contributed by atoms with Crippen molar-refractivity contribution in [3.05, 3.63) is 11.4 Å². The molecule has 0 unspecified atom stereocenters. The van der Waals surface area contributed by atoms with E-state index >= 15 is 0 Å². The maximum Gasteiger partial charge on any atom is 0.0473 e. The Morgan fingerprint density at radius 3 is 2.07 bits per heavy atom. The predicted octanol–water partition coefficient (Wildman–Crippen LogP) is 2.12. The van der Waals surface area contributed by atoms with Crippen LogP contribution in [-0.2, 0) is 0 Å². The van der Waals surface area contributed by atoms with Crippen LogP contribution in [0.4, 0.5) is 0 Å². The molecule has 3 nitrogen and oxygen atoms in total. The van der Waals surface area contributed by atoms with E-state index < -0.39 is 0 Å². The third-order valence-electron chi connectivity index (χ3n) is 2.02. The Balaban J connectivity index is 4.69. The number of hydrogen-bond donors (Lipinski definition) is 3. The van der Waals surface area contributed by atoms with Crippen LogP contribution in [0.2, 0.25) is 0 Å². The normalized spacial score (nSPS) is 13.1.